The van der Waals surface area contributed by atoms with Crippen LogP contribution in [-0.2, 0) is 20.0 Å². The van der Waals surface area contributed by atoms with Gasteiger partial charge in [-0.25, -0.2) is 21.2 Å². The third-order valence-electron chi connectivity index (χ3n) is 4.01. The van der Waals surface area contributed by atoms with Crippen LogP contribution in [0.5, 0.6) is 0 Å². The largest absolute Gasteiger partial charge is 0.278 e. The molecule has 1 N–H and O–H groups in total. The molecule has 2 aromatic rings. The Hall–Kier alpha value is -1.84. The third-order valence-corrected chi connectivity index (χ3v) is 7.72. The summed E-state index contributed by atoms with van der Waals surface area (Å²) in [4.78, 5) is -0.0684. The van der Waals surface area contributed by atoms with Crippen molar-refractivity contribution in [2.24, 2.45) is 0 Å². The van der Waals surface area contributed by atoms with E-state index in [4.69, 9.17) is 11.6 Å². The average Bonchev–Trinajstić information content (AvgIpc) is 2.88. The van der Waals surface area contributed by atoms with Crippen LogP contribution >= 0.6 is 11.6 Å². The van der Waals surface area contributed by atoms with E-state index in [9.17, 15) is 21.2 Å². The number of hydrogen-bond donors (Lipinski definition) is 1. The second-order valence-corrected chi connectivity index (χ2v) is 9.99. The molecule has 1 aliphatic heterocycles. The Bertz CT molecular complexity index is 1070. The van der Waals surface area contributed by atoms with Gasteiger partial charge in [-0.2, -0.15) is 0 Å². The highest BCUT2D eigenvalue weighted by atomic mass is 35.5. The van der Waals surface area contributed by atoms with Crippen LogP contribution in [0.1, 0.15) is 12.0 Å². The highest BCUT2D eigenvalue weighted by Gasteiger charge is 2.29. The second kappa shape index (κ2) is 6.71. The van der Waals surface area contributed by atoms with Gasteiger partial charge in [0.15, 0.2) is 0 Å². The first-order valence-electron chi connectivity index (χ1n) is 7.69. The predicted octanol–water partition coefficient (Wildman–Crippen LogP) is 3.13. The van der Waals surface area contributed by atoms with Gasteiger partial charge in [0, 0.05) is 6.54 Å². The SMILES string of the molecule is Cc1cc(F)ccc1S(=O)(=O)Nc1ccc(N2CCCS2(=O)=O)cc1Cl. The normalized spacial score (nSPS) is 16.7. The first kappa shape index (κ1) is 18.9. The molecule has 0 spiro atoms. The molecule has 2 aromatic carbocycles. The van der Waals surface area contributed by atoms with E-state index in [-0.39, 0.29) is 26.9 Å². The fraction of sp³-hybridized carbons (Fsp3) is 0.250. The summed E-state index contributed by atoms with van der Waals surface area (Å²) in [5.74, 6) is -0.460. The number of rotatable bonds is 4. The van der Waals surface area contributed by atoms with Gasteiger partial charge in [0.05, 0.1) is 27.0 Å². The summed E-state index contributed by atoms with van der Waals surface area (Å²) < 4.78 is 65.8. The number of sulfonamides is 2. The molecule has 1 heterocycles. The van der Waals surface area contributed by atoms with Gasteiger partial charge in [0.2, 0.25) is 10.0 Å². The number of anilines is 2. The van der Waals surface area contributed by atoms with Crippen LogP contribution in [0.25, 0.3) is 0 Å². The van der Waals surface area contributed by atoms with Gasteiger partial charge in [-0.05, 0) is 55.3 Å². The number of benzene rings is 2. The summed E-state index contributed by atoms with van der Waals surface area (Å²) in [5, 5.41) is 0.0629. The van der Waals surface area contributed by atoms with Gasteiger partial charge < -0.3 is 0 Å². The van der Waals surface area contributed by atoms with Crippen molar-refractivity contribution in [2.45, 2.75) is 18.2 Å². The van der Waals surface area contributed by atoms with Gasteiger partial charge in [0.1, 0.15) is 5.82 Å². The minimum absolute atomic E-state index is 0.0629. The van der Waals surface area contributed by atoms with Crippen LogP contribution in [0.15, 0.2) is 41.3 Å². The molecule has 1 fully saturated rings. The molecular formula is C16H16ClFN2O4S2. The van der Waals surface area contributed by atoms with Crippen molar-refractivity contribution in [3.05, 3.63) is 52.8 Å². The van der Waals surface area contributed by atoms with Crippen LogP contribution in [-0.4, -0.2) is 29.1 Å². The van der Waals surface area contributed by atoms with Crippen LogP contribution in [0.4, 0.5) is 15.8 Å². The van der Waals surface area contributed by atoms with Crippen LogP contribution in [0.3, 0.4) is 0 Å². The van der Waals surface area contributed by atoms with Crippen molar-refractivity contribution in [3.63, 3.8) is 0 Å². The smallest absolute Gasteiger partial charge is 0.262 e. The molecule has 0 radical (unpaired) electrons. The third kappa shape index (κ3) is 3.65. The van der Waals surface area contributed by atoms with E-state index in [1.807, 2.05) is 0 Å². The van der Waals surface area contributed by atoms with Crippen molar-refractivity contribution in [1.29, 1.82) is 0 Å². The molecule has 0 bridgehead atoms. The van der Waals surface area contributed by atoms with Crippen molar-refractivity contribution in [1.82, 2.24) is 0 Å². The number of nitrogens with zero attached hydrogens (tertiary/aromatic N) is 1. The summed E-state index contributed by atoms with van der Waals surface area (Å²) in [6.07, 6.45) is 0.526. The fourth-order valence-electron chi connectivity index (χ4n) is 2.79. The summed E-state index contributed by atoms with van der Waals surface area (Å²) >= 11 is 6.15. The van der Waals surface area contributed by atoms with Gasteiger partial charge in [-0.3, -0.25) is 9.03 Å². The molecule has 0 amide bonds. The molecule has 140 valence electrons. The lowest BCUT2D eigenvalue weighted by Crippen LogP contribution is -2.25. The van der Waals surface area contributed by atoms with E-state index in [2.05, 4.69) is 4.72 Å². The fourth-order valence-corrected chi connectivity index (χ4v) is 5.93. The van der Waals surface area contributed by atoms with Gasteiger partial charge in [0.25, 0.3) is 10.0 Å². The Morgan fingerprint density at radius 2 is 1.92 bits per heavy atom. The zero-order chi connectivity index (χ0) is 19.1. The highest BCUT2D eigenvalue weighted by Crippen LogP contribution is 2.32. The Morgan fingerprint density at radius 1 is 1.19 bits per heavy atom. The molecule has 1 aliphatic rings. The van der Waals surface area contributed by atoms with Crippen LogP contribution < -0.4 is 9.03 Å². The highest BCUT2D eigenvalue weighted by molar-refractivity contribution is 7.93. The second-order valence-electron chi connectivity index (χ2n) is 5.92. The molecule has 0 aromatic heterocycles. The van der Waals surface area contributed by atoms with Gasteiger partial charge >= 0.3 is 0 Å². The van der Waals surface area contributed by atoms with E-state index >= 15 is 0 Å². The number of aryl methyl sites for hydroxylation is 1. The Kier molecular flexibility index (Phi) is 4.89. The Labute approximate surface area is 156 Å². The predicted molar refractivity (Wildman–Crippen MR) is 99.1 cm³/mol. The van der Waals surface area contributed by atoms with E-state index in [0.29, 0.717) is 18.7 Å². The Balaban J connectivity index is 1.91. The van der Waals surface area contributed by atoms with Crippen LogP contribution in [0.2, 0.25) is 5.02 Å². The average molecular weight is 419 g/mol. The Morgan fingerprint density at radius 3 is 2.50 bits per heavy atom. The monoisotopic (exact) mass is 418 g/mol. The summed E-state index contributed by atoms with van der Waals surface area (Å²) in [6, 6.07) is 7.65. The molecule has 6 nitrogen and oxygen atoms in total. The lowest BCUT2D eigenvalue weighted by molar-refractivity contribution is 0.597. The minimum Gasteiger partial charge on any atom is -0.278 e. The van der Waals surface area contributed by atoms with Crippen molar-refractivity contribution >= 4 is 43.0 Å². The summed E-state index contributed by atoms with van der Waals surface area (Å²) in [5.41, 5.74) is 0.748. The van der Waals surface area contributed by atoms with Crippen molar-refractivity contribution in [3.8, 4) is 0 Å². The van der Waals surface area contributed by atoms with E-state index in [1.165, 1.54) is 35.5 Å². The molecule has 0 aliphatic carbocycles. The molecule has 3 rings (SSSR count). The van der Waals surface area contributed by atoms with Crippen molar-refractivity contribution < 1.29 is 21.2 Å². The number of nitrogens with one attached hydrogen (secondary N) is 1. The molecule has 1 saturated heterocycles. The van der Waals surface area contributed by atoms with Crippen molar-refractivity contribution in [2.75, 3.05) is 21.3 Å². The van der Waals surface area contributed by atoms with E-state index in [1.54, 1.807) is 0 Å². The molecule has 0 atom stereocenters. The topological polar surface area (TPSA) is 83.6 Å². The number of halogens is 2. The van der Waals surface area contributed by atoms with Gasteiger partial charge in [-0.1, -0.05) is 11.6 Å². The summed E-state index contributed by atoms with van der Waals surface area (Å²) in [7, 11) is -7.33. The maximum Gasteiger partial charge on any atom is 0.262 e. The zero-order valence-corrected chi connectivity index (χ0v) is 16.1. The first-order chi connectivity index (χ1) is 12.1. The van der Waals surface area contributed by atoms with E-state index < -0.39 is 25.9 Å². The molecule has 26 heavy (non-hydrogen) atoms. The zero-order valence-electron chi connectivity index (χ0n) is 13.7. The van der Waals surface area contributed by atoms with Crippen LogP contribution in [0, 0.1) is 12.7 Å². The van der Waals surface area contributed by atoms with E-state index in [0.717, 1.165) is 12.1 Å². The molecule has 10 heteroatoms. The number of hydrogen-bond acceptors (Lipinski definition) is 4. The minimum atomic E-state index is -3.97. The maximum atomic E-state index is 13.2. The quantitative estimate of drug-likeness (QED) is 0.826. The standard InChI is InChI=1S/C16H16ClFN2O4S2/c1-11-9-12(18)3-6-16(11)26(23,24)19-15-5-4-13(10-14(15)17)20-7-2-8-25(20,21)22/h3-6,9-10,19H,2,7-8H2,1H3. The molecular weight excluding hydrogens is 403 g/mol. The lowest BCUT2D eigenvalue weighted by atomic mass is 10.2. The molecule has 0 unspecified atom stereocenters. The molecule has 0 saturated carbocycles. The lowest BCUT2D eigenvalue weighted by Gasteiger charge is -2.18. The first-order valence-corrected chi connectivity index (χ1v) is 11.2. The van der Waals surface area contributed by atoms with Gasteiger partial charge in [-0.15, -0.1) is 0 Å². The maximum absolute atomic E-state index is 13.2. The summed E-state index contributed by atoms with van der Waals surface area (Å²) in [6.45, 7) is 1.85.